The van der Waals surface area contributed by atoms with Crippen LogP contribution in [0.5, 0.6) is 0 Å². The molecular weight excluding hydrogens is 222 g/mol. The van der Waals surface area contributed by atoms with Crippen LogP contribution in [-0.2, 0) is 6.42 Å². The summed E-state index contributed by atoms with van der Waals surface area (Å²) in [6.45, 7) is 3.63. The molecule has 1 heterocycles. The maximum absolute atomic E-state index is 9.73. The van der Waals surface area contributed by atoms with E-state index < -0.39 is 0 Å². The normalized spacial score (nSPS) is 32.4. The van der Waals surface area contributed by atoms with Crippen LogP contribution in [0.2, 0.25) is 0 Å². The van der Waals surface area contributed by atoms with E-state index in [2.05, 4.69) is 35.2 Å². The molecule has 1 aromatic rings. The highest BCUT2D eigenvalue weighted by Gasteiger charge is 2.36. The van der Waals surface area contributed by atoms with Gasteiger partial charge in [-0.2, -0.15) is 0 Å². The quantitative estimate of drug-likeness (QED) is 0.883. The van der Waals surface area contributed by atoms with Gasteiger partial charge in [0.25, 0.3) is 0 Å². The molecule has 3 atom stereocenters. The van der Waals surface area contributed by atoms with Gasteiger partial charge in [-0.15, -0.1) is 0 Å². The Balaban J connectivity index is 1.50. The van der Waals surface area contributed by atoms with Crippen LogP contribution in [0.3, 0.4) is 0 Å². The molecule has 0 radical (unpaired) electrons. The molecule has 0 aromatic heterocycles. The van der Waals surface area contributed by atoms with Crippen molar-refractivity contribution in [3.8, 4) is 0 Å². The van der Waals surface area contributed by atoms with Crippen LogP contribution >= 0.6 is 0 Å². The van der Waals surface area contributed by atoms with E-state index in [1.807, 2.05) is 0 Å². The van der Waals surface area contributed by atoms with Crippen molar-refractivity contribution in [2.75, 3.05) is 19.6 Å². The second-order valence-electron chi connectivity index (χ2n) is 5.98. The summed E-state index contributed by atoms with van der Waals surface area (Å²) >= 11 is 0. The summed E-state index contributed by atoms with van der Waals surface area (Å²) in [6.07, 6.45) is 4.41. The number of fused-ring (bicyclic) bond motifs is 1. The summed E-state index contributed by atoms with van der Waals surface area (Å²) in [4.78, 5) is 2.60. The largest absolute Gasteiger partial charge is 0.393 e. The van der Waals surface area contributed by atoms with Crippen molar-refractivity contribution in [1.29, 1.82) is 0 Å². The SMILES string of the molecule is OC1CCC2CN(CCc3ccccc3)CC2C1. The molecule has 18 heavy (non-hydrogen) atoms. The van der Waals surface area contributed by atoms with Gasteiger partial charge in [0, 0.05) is 19.6 Å². The van der Waals surface area contributed by atoms with Gasteiger partial charge < -0.3 is 10.0 Å². The predicted molar refractivity (Wildman–Crippen MR) is 73.4 cm³/mol. The van der Waals surface area contributed by atoms with E-state index in [0.29, 0.717) is 0 Å². The topological polar surface area (TPSA) is 23.5 Å². The number of benzene rings is 1. The molecule has 1 aliphatic heterocycles. The number of likely N-dealkylation sites (tertiary alicyclic amines) is 1. The molecule has 2 nitrogen and oxygen atoms in total. The lowest BCUT2D eigenvalue weighted by Crippen LogP contribution is -2.26. The molecule has 1 aliphatic carbocycles. The fraction of sp³-hybridized carbons (Fsp3) is 0.625. The van der Waals surface area contributed by atoms with Crippen LogP contribution in [0.25, 0.3) is 0 Å². The fourth-order valence-electron chi connectivity index (χ4n) is 3.62. The molecule has 3 unspecified atom stereocenters. The average Bonchev–Trinajstić information content (AvgIpc) is 2.79. The van der Waals surface area contributed by atoms with Gasteiger partial charge in [0.1, 0.15) is 0 Å². The van der Waals surface area contributed by atoms with Crippen LogP contribution < -0.4 is 0 Å². The Morgan fingerprint density at radius 3 is 2.67 bits per heavy atom. The van der Waals surface area contributed by atoms with Crippen molar-refractivity contribution in [3.05, 3.63) is 35.9 Å². The van der Waals surface area contributed by atoms with Crippen LogP contribution in [0.15, 0.2) is 30.3 Å². The van der Waals surface area contributed by atoms with E-state index in [1.165, 1.54) is 31.6 Å². The Hall–Kier alpha value is -0.860. The van der Waals surface area contributed by atoms with Gasteiger partial charge in [-0.3, -0.25) is 0 Å². The van der Waals surface area contributed by atoms with E-state index in [9.17, 15) is 5.11 Å². The van der Waals surface area contributed by atoms with Gasteiger partial charge >= 0.3 is 0 Å². The van der Waals surface area contributed by atoms with Gasteiger partial charge in [0.05, 0.1) is 6.10 Å². The third-order valence-corrected chi connectivity index (χ3v) is 4.66. The summed E-state index contributed by atoms with van der Waals surface area (Å²) in [7, 11) is 0. The molecule has 0 amide bonds. The summed E-state index contributed by atoms with van der Waals surface area (Å²) in [5.74, 6) is 1.61. The molecule has 1 saturated heterocycles. The minimum Gasteiger partial charge on any atom is -0.393 e. The van der Waals surface area contributed by atoms with Crippen molar-refractivity contribution in [3.63, 3.8) is 0 Å². The Morgan fingerprint density at radius 2 is 1.83 bits per heavy atom. The zero-order valence-electron chi connectivity index (χ0n) is 11.0. The molecule has 98 valence electrons. The van der Waals surface area contributed by atoms with Crippen LogP contribution in [0, 0.1) is 11.8 Å². The molecule has 0 spiro atoms. The number of nitrogens with zero attached hydrogens (tertiary/aromatic N) is 1. The standard InChI is InChI=1S/C16H23NO/c18-16-7-6-14-11-17(12-15(14)10-16)9-8-13-4-2-1-3-5-13/h1-5,14-16,18H,6-12H2. The molecule has 1 N–H and O–H groups in total. The van der Waals surface area contributed by atoms with E-state index in [-0.39, 0.29) is 6.10 Å². The van der Waals surface area contributed by atoms with Crippen LogP contribution in [0.4, 0.5) is 0 Å². The number of aliphatic hydroxyl groups is 1. The van der Waals surface area contributed by atoms with Gasteiger partial charge in [-0.05, 0) is 43.1 Å². The summed E-state index contributed by atoms with van der Waals surface area (Å²) in [6, 6.07) is 10.7. The Labute approximate surface area is 110 Å². The van der Waals surface area contributed by atoms with Crippen molar-refractivity contribution >= 4 is 0 Å². The molecule has 3 rings (SSSR count). The number of rotatable bonds is 3. The molecule has 2 fully saturated rings. The molecule has 2 heteroatoms. The first-order chi connectivity index (χ1) is 8.81. The van der Waals surface area contributed by atoms with Crippen LogP contribution in [-0.4, -0.2) is 35.7 Å². The van der Waals surface area contributed by atoms with E-state index in [0.717, 1.165) is 31.1 Å². The van der Waals surface area contributed by atoms with Crippen molar-refractivity contribution < 1.29 is 5.11 Å². The van der Waals surface area contributed by atoms with Crippen molar-refractivity contribution in [2.45, 2.75) is 31.8 Å². The first kappa shape index (κ1) is 12.2. The Morgan fingerprint density at radius 1 is 1.06 bits per heavy atom. The first-order valence-corrected chi connectivity index (χ1v) is 7.25. The smallest absolute Gasteiger partial charge is 0.0543 e. The second kappa shape index (κ2) is 5.41. The lowest BCUT2D eigenvalue weighted by molar-refractivity contribution is 0.0865. The Bertz CT molecular complexity index is 378. The molecular formula is C16H23NO. The summed E-state index contributed by atoms with van der Waals surface area (Å²) < 4.78 is 0. The zero-order chi connectivity index (χ0) is 12.4. The summed E-state index contributed by atoms with van der Waals surface area (Å²) in [5.41, 5.74) is 1.44. The average molecular weight is 245 g/mol. The van der Waals surface area contributed by atoms with Gasteiger partial charge in [0.15, 0.2) is 0 Å². The third-order valence-electron chi connectivity index (χ3n) is 4.66. The predicted octanol–water partition coefficient (Wildman–Crippen LogP) is 2.32. The van der Waals surface area contributed by atoms with Crippen molar-refractivity contribution in [1.82, 2.24) is 4.90 Å². The molecule has 2 aliphatic rings. The molecule has 1 saturated carbocycles. The minimum absolute atomic E-state index is 0.0275. The lowest BCUT2D eigenvalue weighted by Gasteiger charge is -2.27. The highest BCUT2D eigenvalue weighted by atomic mass is 16.3. The van der Waals surface area contributed by atoms with Gasteiger partial charge in [-0.25, -0.2) is 0 Å². The Kier molecular flexibility index (Phi) is 3.67. The minimum atomic E-state index is -0.0275. The maximum Gasteiger partial charge on any atom is 0.0543 e. The van der Waals surface area contributed by atoms with E-state index in [1.54, 1.807) is 0 Å². The second-order valence-corrected chi connectivity index (χ2v) is 5.98. The molecule has 1 aromatic carbocycles. The van der Waals surface area contributed by atoms with Crippen LogP contribution in [0.1, 0.15) is 24.8 Å². The lowest BCUT2D eigenvalue weighted by atomic mass is 9.80. The van der Waals surface area contributed by atoms with E-state index >= 15 is 0 Å². The maximum atomic E-state index is 9.73. The highest BCUT2D eigenvalue weighted by Crippen LogP contribution is 2.36. The highest BCUT2D eigenvalue weighted by molar-refractivity contribution is 5.15. The summed E-state index contributed by atoms with van der Waals surface area (Å²) in [5, 5.41) is 9.73. The zero-order valence-corrected chi connectivity index (χ0v) is 11.0. The van der Waals surface area contributed by atoms with Gasteiger partial charge in [0.2, 0.25) is 0 Å². The van der Waals surface area contributed by atoms with Gasteiger partial charge in [-0.1, -0.05) is 30.3 Å². The number of hydrogen-bond donors (Lipinski definition) is 1. The first-order valence-electron chi connectivity index (χ1n) is 7.25. The third kappa shape index (κ3) is 2.76. The monoisotopic (exact) mass is 245 g/mol. The number of hydrogen-bond acceptors (Lipinski definition) is 2. The number of aliphatic hydroxyl groups excluding tert-OH is 1. The van der Waals surface area contributed by atoms with Crippen molar-refractivity contribution in [2.24, 2.45) is 11.8 Å². The molecule has 0 bridgehead atoms. The van der Waals surface area contributed by atoms with E-state index in [4.69, 9.17) is 0 Å². The fourth-order valence-corrected chi connectivity index (χ4v) is 3.62.